The Bertz CT molecular complexity index is 609. The van der Waals surface area contributed by atoms with E-state index < -0.39 is 6.04 Å². The average molecular weight is 390 g/mol. The van der Waals surface area contributed by atoms with Gasteiger partial charge in [0.15, 0.2) is 0 Å². The van der Waals surface area contributed by atoms with Crippen LogP contribution in [0, 0.1) is 0 Å². The number of nitrogens with one attached hydrogen (secondary N) is 2. The average Bonchev–Trinajstić information content (AvgIpc) is 2.56. The number of hydrogen-bond donors (Lipinski definition) is 2. The number of morpholine rings is 1. The molecule has 1 aromatic carbocycles. The van der Waals surface area contributed by atoms with Gasteiger partial charge in [-0.1, -0.05) is 11.6 Å². The van der Waals surface area contributed by atoms with Crippen molar-refractivity contribution in [2.45, 2.75) is 32.9 Å². The normalized spacial score (nSPS) is 19.7. The van der Waals surface area contributed by atoms with Crippen LogP contribution in [-0.2, 0) is 9.53 Å². The van der Waals surface area contributed by atoms with Crippen LogP contribution >= 0.6 is 24.0 Å². The van der Waals surface area contributed by atoms with Gasteiger partial charge in [-0.2, -0.15) is 0 Å². The Hall–Kier alpha value is -1.34. The molecule has 1 saturated heterocycles. The molecular formula is C17H25Cl2N3O3. The predicted molar refractivity (Wildman–Crippen MR) is 102 cm³/mol. The number of carbonyl (C=O) groups is 2. The van der Waals surface area contributed by atoms with E-state index >= 15 is 0 Å². The predicted octanol–water partition coefficient (Wildman–Crippen LogP) is 2.56. The van der Waals surface area contributed by atoms with Crippen LogP contribution in [0.5, 0.6) is 0 Å². The summed E-state index contributed by atoms with van der Waals surface area (Å²) in [5, 5.41) is 6.27. The van der Waals surface area contributed by atoms with Gasteiger partial charge in [-0.25, -0.2) is 0 Å². The molecule has 140 valence electrons. The van der Waals surface area contributed by atoms with Gasteiger partial charge in [-0.3, -0.25) is 9.59 Å². The molecule has 2 rings (SSSR count). The van der Waals surface area contributed by atoms with Crippen LogP contribution in [0.3, 0.4) is 0 Å². The summed E-state index contributed by atoms with van der Waals surface area (Å²) in [5.74, 6) is -0.292. The molecule has 0 saturated carbocycles. The molecule has 0 bridgehead atoms. The van der Waals surface area contributed by atoms with Crippen LogP contribution in [0.2, 0.25) is 5.02 Å². The first-order valence-corrected chi connectivity index (χ1v) is 8.60. The van der Waals surface area contributed by atoms with Crippen LogP contribution in [0.15, 0.2) is 18.2 Å². The van der Waals surface area contributed by atoms with E-state index in [-0.39, 0.29) is 30.3 Å². The quantitative estimate of drug-likeness (QED) is 0.811. The Morgan fingerprint density at radius 3 is 2.60 bits per heavy atom. The Kier molecular flexibility index (Phi) is 8.65. The Morgan fingerprint density at radius 1 is 1.36 bits per heavy atom. The monoisotopic (exact) mass is 389 g/mol. The second-order valence-corrected chi connectivity index (χ2v) is 6.08. The van der Waals surface area contributed by atoms with Crippen LogP contribution in [0.4, 0.5) is 5.69 Å². The first-order valence-electron chi connectivity index (χ1n) is 8.22. The number of nitrogens with zero attached hydrogens (tertiary/aromatic N) is 1. The maximum Gasteiger partial charge on any atom is 0.255 e. The van der Waals surface area contributed by atoms with Gasteiger partial charge in [0.05, 0.1) is 23.3 Å². The van der Waals surface area contributed by atoms with Crippen LogP contribution in [-0.4, -0.2) is 55.1 Å². The molecule has 1 aromatic rings. The molecule has 25 heavy (non-hydrogen) atoms. The van der Waals surface area contributed by atoms with E-state index in [2.05, 4.69) is 10.6 Å². The summed E-state index contributed by atoms with van der Waals surface area (Å²) >= 11 is 6.24. The van der Waals surface area contributed by atoms with Crippen LogP contribution < -0.4 is 10.6 Å². The van der Waals surface area contributed by atoms with Crippen molar-refractivity contribution in [1.29, 1.82) is 0 Å². The van der Waals surface area contributed by atoms with E-state index in [0.717, 1.165) is 0 Å². The molecule has 1 aliphatic heterocycles. The van der Waals surface area contributed by atoms with E-state index in [1.54, 1.807) is 23.1 Å². The third kappa shape index (κ3) is 5.31. The fourth-order valence-corrected chi connectivity index (χ4v) is 2.96. The number of ether oxygens (including phenoxy) is 1. The van der Waals surface area contributed by atoms with Gasteiger partial charge in [0, 0.05) is 25.3 Å². The Labute approximate surface area is 159 Å². The van der Waals surface area contributed by atoms with E-state index in [1.165, 1.54) is 0 Å². The van der Waals surface area contributed by atoms with Crippen molar-refractivity contribution in [3.05, 3.63) is 28.8 Å². The zero-order valence-electron chi connectivity index (χ0n) is 14.7. The summed E-state index contributed by atoms with van der Waals surface area (Å²) in [6.45, 7) is 8.17. The van der Waals surface area contributed by atoms with Crippen LogP contribution in [0.25, 0.3) is 0 Å². The van der Waals surface area contributed by atoms with E-state index in [0.29, 0.717) is 42.5 Å². The lowest BCUT2D eigenvalue weighted by molar-refractivity contribution is -0.123. The van der Waals surface area contributed by atoms with Crippen molar-refractivity contribution >= 4 is 41.5 Å². The smallest absolute Gasteiger partial charge is 0.255 e. The van der Waals surface area contributed by atoms with Crippen molar-refractivity contribution in [2.24, 2.45) is 0 Å². The number of amides is 2. The molecule has 1 fully saturated rings. The molecule has 2 amide bonds. The highest BCUT2D eigenvalue weighted by molar-refractivity contribution is 6.34. The number of benzene rings is 1. The molecule has 0 aromatic heterocycles. The molecule has 0 radical (unpaired) electrons. The van der Waals surface area contributed by atoms with Gasteiger partial charge in [0.1, 0.15) is 6.04 Å². The van der Waals surface area contributed by atoms with Gasteiger partial charge < -0.3 is 20.3 Å². The molecule has 0 spiro atoms. The zero-order valence-corrected chi connectivity index (χ0v) is 16.2. The molecule has 2 atom stereocenters. The molecule has 0 unspecified atom stereocenters. The van der Waals surface area contributed by atoms with Gasteiger partial charge in [0.25, 0.3) is 5.91 Å². The molecule has 8 heteroatoms. The van der Waals surface area contributed by atoms with Crippen molar-refractivity contribution < 1.29 is 14.3 Å². The second kappa shape index (κ2) is 9.97. The standard InChI is InChI=1S/C17H24ClN3O3.ClH/c1-4-21(5-2)17(23)13-7-6-12(10-14(13)18)20-16(22)15-11(3)24-9-8-19-15;/h6-7,10-11,15,19H,4-5,8-9H2,1-3H3,(H,20,22);1H/t11-,15+;/m1./s1. The highest BCUT2D eigenvalue weighted by Gasteiger charge is 2.28. The second-order valence-electron chi connectivity index (χ2n) is 5.67. The van der Waals surface area contributed by atoms with Crippen molar-refractivity contribution in [3.8, 4) is 0 Å². The molecule has 6 nitrogen and oxygen atoms in total. The number of carbonyl (C=O) groups excluding carboxylic acids is 2. The SMILES string of the molecule is CCN(CC)C(=O)c1ccc(NC(=O)[C@H]2NCCO[C@@H]2C)cc1Cl.Cl. The topological polar surface area (TPSA) is 70.7 Å². The van der Waals surface area contributed by atoms with Crippen molar-refractivity contribution in [3.63, 3.8) is 0 Å². The largest absolute Gasteiger partial charge is 0.375 e. The highest BCUT2D eigenvalue weighted by atomic mass is 35.5. The van der Waals surface area contributed by atoms with Gasteiger partial charge in [-0.15, -0.1) is 12.4 Å². The summed E-state index contributed by atoms with van der Waals surface area (Å²) < 4.78 is 5.48. The molecule has 2 N–H and O–H groups in total. The van der Waals surface area contributed by atoms with Crippen molar-refractivity contribution in [1.82, 2.24) is 10.2 Å². The molecular weight excluding hydrogens is 365 g/mol. The van der Waals surface area contributed by atoms with Gasteiger partial charge in [0.2, 0.25) is 5.91 Å². The Morgan fingerprint density at radius 2 is 2.04 bits per heavy atom. The number of halogens is 2. The van der Waals surface area contributed by atoms with Crippen molar-refractivity contribution in [2.75, 3.05) is 31.6 Å². The van der Waals surface area contributed by atoms with Gasteiger partial charge in [-0.05, 0) is 39.0 Å². The number of rotatable bonds is 5. The zero-order chi connectivity index (χ0) is 17.7. The first-order chi connectivity index (χ1) is 11.5. The summed E-state index contributed by atoms with van der Waals surface area (Å²) in [4.78, 5) is 26.4. The summed E-state index contributed by atoms with van der Waals surface area (Å²) in [6, 6.07) is 4.53. The fourth-order valence-electron chi connectivity index (χ4n) is 2.69. The molecule has 1 aliphatic rings. The summed E-state index contributed by atoms with van der Waals surface area (Å²) in [5.41, 5.74) is 0.992. The minimum absolute atomic E-state index is 0. The third-order valence-corrected chi connectivity index (χ3v) is 4.43. The van der Waals surface area contributed by atoms with Gasteiger partial charge >= 0.3 is 0 Å². The van der Waals surface area contributed by atoms with E-state index in [1.807, 2.05) is 20.8 Å². The lowest BCUT2D eigenvalue weighted by Gasteiger charge is -2.29. The lowest BCUT2D eigenvalue weighted by atomic mass is 10.1. The summed E-state index contributed by atoms with van der Waals surface area (Å²) in [7, 11) is 0. The first kappa shape index (κ1) is 21.7. The fraction of sp³-hybridized carbons (Fsp3) is 0.529. The summed E-state index contributed by atoms with van der Waals surface area (Å²) in [6.07, 6.45) is -0.197. The minimum atomic E-state index is -0.408. The maximum atomic E-state index is 12.4. The Balaban J connectivity index is 0.00000312. The molecule has 1 heterocycles. The van der Waals surface area contributed by atoms with E-state index in [9.17, 15) is 9.59 Å². The lowest BCUT2D eigenvalue weighted by Crippen LogP contribution is -2.53. The van der Waals surface area contributed by atoms with E-state index in [4.69, 9.17) is 16.3 Å². The highest BCUT2D eigenvalue weighted by Crippen LogP contribution is 2.23. The van der Waals surface area contributed by atoms with Crippen LogP contribution in [0.1, 0.15) is 31.1 Å². The number of hydrogen-bond acceptors (Lipinski definition) is 4. The maximum absolute atomic E-state index is 12.4. The number of anilines is 1. The third-order valence-electron chi connectivity index (χ3n) is 4.12. The minimum Gasteiger partial charge on any atom is -0.375 e. The molecule has 0 aliphatic carbocycles.